The molecule has 0 saturated carbocycles. The molecule has 0 aliphatic carbocycles. The van der Waals surface area contributed by atoms with E-state index in [9.17, 15) is 4.79 Å². The third-order valence-electron chi connectivity index (χ3n) is 3.39. The Labute approximate surface area is 105 Å². The molecule has 92 valence electrons. The van der Waals surface area contributed by atoms with Gasteiger partial charge in [0.15, 0.2) is 0 Å². The molecule has 1 N–H and O–H groups in total. The molecule has 0 spiro atoms. The van der Waals surface area contributed by atoms with Gasteiger partial charge in [-0.1, -0.05) is 18.2 Å². The zero-order chi connectivity index (χ0) is 12.7. The predicted octanol–water partition coefficient (Wildman–Crippen LogP) is 1.54. The summed E-state index contributed by atoms with van der Waals surface area (Å²) in [6, 6.07) is 7.74. The highest BCUT2D eigenvalue weighted by molar-refractivity contribution is 5.85. The normalized spacial score (nSPS) is 18.3. The molecule has 4 heteroatoms. The van der Waals surface area contributed by atoms with E-state index in [0.29, 0.717) is 0 Å². The lowest BCUT2D eigenvalue weighted by Crippen LogP contribution is -2.26. The van der Waals surface area contributed by atoms with Crippen molar-refractivity contribution < 1.29 is 0 Å². The Kier molecular flexibility index (Phi) is 2.37. The number of nitrogens with zero attached hydrogens (tertiary/aromatic N) is 2. The van der Waals surface area contributed by atoms with E-state index in [0.717, 1.165) is 16.3 Å². The number of pyridine rings is 1. The number of rotatable bonds is 1. The minimum atomic E-state index is 0.0444. The largest absolute Gasteiger partial charge is 0.366 e. The maximum Gasteiger partial charge on any atom is 0.258 e. The highest BCUT2D eigenvalue weighted by Crippen LogP contribution is 2.26. The topological polar surface area (TPSA) is 37.3 Å². The van der Waals surface area contributed by atoms with E-state index in [-0.39, 0.29) is 11.7 Å². The van der Waals surface area contributed by atoms with Gasteiger partial charge >= 0.3 is 0 Å². The first-order valence-corrected chi connectivity index (χ1v) is 5.91. The van der Waals surface area contributed by atoms with Crippen LogP contribution in [0.2, 0.25) is 0 Å². The number of aryl methyl sites for hydroxylation is 1. The molecular formula is C14H15N3O. The Bertz CT molecular complexity index is 687. The van der Waals surface area contributed by atoms with Gasteiger partial charge in [-0.25, -0.2) is 0 Å². The molecule has 0 radical (unpaired) electrons. The van der Waals surface area contributed by atoms with E-state index >= 15 is 0 Å². The molecule has 0 saturated heterocycles. The standard InChI is InChI=1S/C14H15N3O/c1-16-8-7-15-13(16)12-9-17(2)14(18)11-6-4-3-5-10(11)12/h3-9,13,15H,1-2H3. The monoisotopic (exact) mass is 241 g/mol. The van der Waals surface area contributed by atoms with Crippen molar-refractivity contribution in [1.29, 1.82) is 0 Å². The molecule has 0 bridgehead atoms. The third kappa shape index (κ3) is 1.49. The second-order valence-corrected chi connectivity index (χ2v) is 4.60. The minimum Gasteiger partial charge on any atom is -0.366 e. The summed E-state index contributed by atoms with van der Waals surface area (Å²) < 4.78 is 1.64. The summed E-state index contributed by atoms with van der Waals surface area (Å²) in [5.74, 6) is 0. The maximum absolute atomic E-state index is 12.1. The summed E-state index contributed by atoms with van der Waals surface area (Å²) in [6.07, 6.45) is 5.91. The molecule has 0 amide bonds. The predicted molar refractivity (Wildman–Crippen MR) is 72.0 cm³/mol. The van der Waals surface area contributed by atoms with Gasteiger partial charge in [0.1, 0.15) is 6.17 Å². The average molecular weight is 241 g/mol. The fourth-order valence-corrected chi connectivity index (χ4v) is 2.43. The Hall–Kier alpha value is -2.23. The minimum absolute atomic E-state index is 0.0444. The Morgan fingerprint density at radius 1 is 1.17 bits per heavy atom. The SMILES string of the molecule is CN1C=CNC1c1cn(C)c(=O)c2ccccc12. The molecule has 18 heavy (non-hydrogen) atoms. The van der Waals surface area contributed by atoms with Gasteiger partial charge in [0.25, 0.3) is 5.56 Å². The molecule has 1 aliphatic heterocycles. The average Bonchev–Trinajstić information content (AvgIpc) is 2.80. The Morgan fingerprint density at radius 3 is 2.56 bits per heavy atom. The lowest BCUT2D eigenvalue weighted by atomic mass is 10.1. The lowest BCUT2D eigenvalue weighted by Gasteiger charge is -2.23. The number of benzene rings is 1. The van der Waals surface area contributed by atoms with E-state index in [2.05, 4.69) is 10.2 Å². The lowest BCUT2D eigenvalue weighted by molar-refractivity contribution is 0.341. The van der Waals surface area contributed by atoms with Gasteiger partial charge in [0.2, 0.25) is 0 Å². The van der Waals surface area contributed by atoms with E-state index in [1.807, 2.05) is 49.9 Å². The van der Waals surface area contributed by atoms with E-state index in [1.54, 1.807) is 11.6 Å². The van der Waals surface area contributed by atoms with Crippen LogP contribution in [0.3, 0.4) is 0 Å². The smallest absolute Gasteiger partial charge is 0.258 e. The maximum atomic E-state index is 12.1. The Balaban J connectivity index is 2.30. The van der Waals surface area contributed by atoms with Crippen LogP contribution < -0.4 is 10.9 Å². The van der Waals surface area contributed by atoms with Crippen LogP contribution in [0.1, 0.15) is 11.7 Å². The van der Waals surface area contributed by atoms with Crippen molar-refractivity contribution >= 4 is 10.8 Å². The molecule has 1 aliphatic rings. The van der Waals surface area contributed by atoms with Crippen molar-refractivity contribution in [3.8, 4) is 0 Å². The number of nitrogens with one attached hydrogen (secondary N) is 1. The van der Waals surface area contributed by atoms with Crippen molar-refractivity contribution in [3.63, 3.8) is 0 Å². The first-order valence-electron chi connectivity index (χ1n) is 5.91. The van der Waals surface area contributed by atoms with Gasteiger partial charge in [-0.3, -0.25) is 4.79 Å². The van der Waals surface area contributed by atoms with Crippen LogP contribution in [0.25, 0.3) is 10.8 Å². The van der Waals surface area contributed by atoms with Crippen molar-refractivity contribution in [1.82, 2.24) is 14.8 Å². The fourth-order valence-electron chi connectivity index (χ4n) is 2.43. The van der Waals surface area contributed by atoms with Crippen LogP contribution in [-0.2, 0) is 7.05 Å². The zero-order valence-electron chi connectivity index (χ0n) is 10.4. The van der Waals surface area contributed by atoms with Gasteiger partial charge in [-0.05, 0) is 11.5 Å². The van der Waals surface area contributed by atoms with E-state index in [4.69, 9.17) is 0 Å². The second kappa shape index (κ2) is 3.91. The van der Waals surface area contributed by atoms with E-state index in [1.165, 1.54) is 0 Å². The number of hydrogen-bond acceptors (Lipinski definition) is 3. The summed E-state index contributed by atoms with van der Waals surface area (Å²) in [5.41, 5.74) is 1.16. The molecule has 2 aromatic rings. The highest BCUT2D eigenvalue weighted by Gasteiger charge is 2.20. The van der Waals surface area contributed by atoms with Crippen LogP contribution >= 0.6 is 0 Å². The summed E-state index contributed by atoms with van der Waals surface area (Å²) in [5, 5.41) is 5.06. The fraction of sp³-hybridized carbons (Fsp3) is 0.214. The molecule has 2 heterocycles. The Morgan fingerprint density at radius 2 is 1.89 bits per heavy atom. The zero-order valence-corrected chi connectivity index (χ0v) is 10.4. The molecule has 1 aromatic carbocycles. The first-order chi connectivity index (χ1) is 8.68. The quantitative estimate of drug-likeness (QED) is 0.823. The van der Waals surface area contributed by atoms with Gasteiger partial charge in [-0.15, -0.1) is 0 Å². The second-order valence-electron chi connectivity index (χ2n) is 4.60. The van der Waals surface area contributed by atoms with Gasteiger partial charge in [0, 0.05) is 43.6 Å². The molecule has 0 fully saturated rings. The van der Waals surface area contributed by atoms with E-state index < -0.39 is 0 Å². The van der Waals surface area contributed by atoms with Crippen LogP contribution in [-0.4, -0.2) is 16.5 Å². The first kappa shape index (κ1) is 10.9. The highest BCUT2D eigenvalue weighted by atomic mass is 16.1. The number of fused-ring (bicyclic) bond motifs is 1. The molecular weight excluding hydrogens is 226 g/mol. The van der Waals surface area contributed by atoms with Gasteiger partial charge in [-0.2, -0.15) is 0 Å². The molecule has 1 atom stereocenters. The summed E-state index contributed by atoms with van der Waals surface area (Å²) >= 11 is 0. The van der Waals surface area contributed by atoms with Crippen LogP contribution in [0, 0.1) is 0 Å². The third-order valence-corrected chi connectivity index (χ3v) is 3.39. The van der Waals surface area contributed by atoms with Crippen LogP contribution in [0.5, 0.6) is 0 Å². The van der Waals surface area contributed by atoms with Gasteiger partial charge in [0.05, 0.1) is 0 Å². The summed E-state index contributed by atoms with van der Waals surface area (Å²) in [4.78, 5) is 14.2. The number of aromatic nitrogens is 1. The summed E-state index contributed by atoms with van der Waals surface area (Å²) in [7, 11) is 3.81. The molecule has 3 rings (SSSR count). The molecule has 1 unspecified atom stereocenters. The van der Waals surface area contributed by atoms with Crippen LogP contribution in [0.4, 0.5) is 0 Å². The van der Waals surface area contributed by atoms with Crippen LogP contribution in [0.15, 0.2) is 47.7 Å². The summed E-state index contributed by atoms with van der Waals surface area (Å²) in [6.45, 7) is 0. The number of hydrogen-bond donors (Lipinski definition) is 1. The molecule has 1 aromatic heterocycles. The van der Waals surface area contributed by atoms with Crippen molar-refractivity contribution in [2.45, 2.75) is 6.17 Å². The van der Waals surface area contributed by atoms with Crippen molar-refractivity contribution in [2.24, 2.45) is 7.05 Å². The van der Waals surface area contributed by atoms with Crippen molar-refractivity contribution in [2.75, 3.05) is 7.05 Å². The molecule has 4 nitrogen and oxygen atoms in total. The van der Waals surface area contributed by atoms with Gasteiger partial charge < -0.3 is 14.8 Å². The van der Waals surface area contributed by atoms with Crippen molar-refractivity contribution in [3.05, 3.63) is 58.8 Å².